The van der Waals surface area contributed by atoms with Crippen LogP contribution in [0.4, 0.5) is 0 Å². The lowest BCUT2D eigenvalue weighted by molar-refractivity contribution is 0.259. The van der Waals surface area contributed by atoms with Crippen LogP contribution in [0.5, 0.6) is 0 Å². The third-order valence-corrected chi connectivity index (χ3v) is 4.18. The number of guanidine groups is 1. The molecule has 0 bridgehead atoms. The lowest BCUT2D eigenvalue weighted by Crippen LogP contribution is -2.48. The van der Waals surface area contributed by atoms with Gasteiger partial charge in [0.25, 0.3) is 0 Å². The number of hydrogen-bond donors (Lipinski definition) is 2. The number of hydrazine groups is 1. The first kappa shape index (κ1) is 15.8. The molecule has 1 aliphatic rings. The van der Waals surface area contributed by atoms with Gasteiger partial charge in [0.2, 0.25) is 5.96 Å². The second-order valence-electron chi connectivity index (χ2n) is 5.82. The van der Waals surface area contributed by atoms with Gasteiger partial charge in [0, 0.05) is 19.6 Å². The zero-order chi connectivity index (χ0) is 14.9. The molecule has 0 atom stereocenters. The van der Waals surface area contributed by atoms with Crippen LogP contribution in [0.25, 0.3) is 0 Å². The Hall–Kier alpha value is -1.55. The van der Waals surface area contributed by atoms with Crippen molar-refractivity contribution in [1.29, 1.82) is 0 Å². The highest BCUT2D eigenvalue weighted by Crippen LogP contribution is 2.21. The number of nitrogens with two attached hydrogens (primary N) is 1. The molecule has 0 radical (unpaired) electrons. The van der Waals surface area contributed by atoms with E-state index < -0.39 is 0 Å². The largest absolute Gasteiger partial charge is 0.342 e. The number of aliphatic imine (C=N–C) groups is 1. The van der Waals surface area contributed by atoms with Crippen molar-refractivity contribution in [3.05, 3.63) is 35.9 Å². The summed E-state index contributed by atoms with van der Waals surface area (Å²) in [6, 6.07) is 10.8. The fraction of sp³-hybridized carbons (Fsp3) is 0.588. The first-order valence-corrected chi connectivity index (χ1v) is 8.13. The van der Waals surface area contributed by atoms with Gasteiger partial charge < -0.3 is 4.90 Å². The molecular weight excluding hydrogens is 260 g/mol. The van der Waals surface area contributed by atoms with Gasteiger partial charge in [0.15, 0.2) is 0 Å². The Morgan fingerprint density at radius 1 is 1.29 bits per heavy atom. The minimum atomic E-state index is 0.776. The molecule has 0 unspecified atom stereocenters. The zero-order valence-electron chi connectivity index (χ0n) is 13.1. The van der Waals surface area contributed by atoms with Crippen molar-refractivity contribution in [2.24, 2.45) is 16.8 Å². The summed E-state index contributed by atoms with van der Waals surface area (Å²) in [6.45, 7) is 5.14. The fourth-order valence-corrected chi connectivity index (χ4v) is 2.88. The Morgan fingerprint density at radius 3 is 2.62 bits per heavy atom. The van der Waals surface area contributed by atoms with Crippen molar-refractivity contribution >= 4 is 5.96 Å². The molecule has 4 nitrogen and oxygen atoms in total. The SMILES string of the molecule is CCCCN=C(NN)N1CCC(Cc2ccccc2)CC1. The van der Waals surface area contributed by atoms with Gasteiger partial charge >= 0.3 is 0 Å². The van der Waals surface area contributed by atoms with E-state index in [1.165, 1.54) is 31.2 Å². The van der Waals surface area contributed by atoms with E-state index in [1.807, 2.05) is 0 Å². The summed E-state index contributed by atoms with van der Waals surface area (Å²) in [6.07, 6.45) is 5.90. The molecule has 0 saturated carbocycles. The number of nitrogens with zero attached hydrogens (tertiary/aromatic N) is 2. The van der Waals surface area contributed by atoms with Crippen LogP contribution in [-0.4, -0.2) is 30.5 Å². The molecule has 1 aromatic carbocycles. The average Bonchev–Trinajstić information content (AvgIpc) is 2.54. The first-order chi connectivity index (χ1) is 10.3. The first-order valence-electron chi connectivity index (χ1n) is 8.13. The van der Waals surface area contributed by atoms with Crippen LogP contribution < -0.4 is 11.3 Å². The number of piperidine rings is 1. The minimum Gasteiger partial charge on any atom is -0.342 e. The smallest absolute Gasteiger partial charge is 0.208 e. The van der Waals surface area contributed by atoms with E-state index in [0.29, 0.717) is 0 Å². The molecule has 21 heavy (non-hydrogen) atoms. The molecule has 1 aliphatic heterocycles. The molecule has 0 aliphatic carbocycles. The van der Waals surface area contributed by atoms with Gasteiger partial charge in [-0.1, -0.05) is 43.7 Å². The number of likely N-dealkylation sites (tertiary alicyclic amines) is 1. The number of unbranched alkanes of at least 4 members (excludes halogenated alkanes) is 1. The molecule has 3 N–H and O–H groups in total. The molecule has 2 rings (SSSR count). The minimum absolute atomic E-state index is 0.776. The molecular formula is C17H28N4. The molecule has 0 amide bonds. The third kappa shape index (κ3) is 5.05. The summed E-state index contributed by atoms with van der Waals surface area (Å²) in [5.74, 6) is 7.26. The highest BCUT2D eigenvalue weighted by atomic mass is 15.4. The lowest BCUT2D eigenvalue weighted by atomic mass is 9.90. The number of hydrogen-bond acceptors (Lipinski definition) is 2. The van der Waals surface area contributed by atoms with Crippen molar-refractivity contribution in [2.75, 3.05) is 19.6 Å². The molecule has 116 valence electrons. The third-order valence-electron chi connectivity index (χ3n) is 4.18. The van der Waals surface area contributed by atoms with E-state index in [2.05, 4.69) is 52.6 Å². The maximum atomic E-state index is 5.62. The number of nitrogens with one attached hydrogen (secondary N) is 1. The Morgan fingerprint density at radius 2 is 2.00 bits per heavy atom. The molecule has 1 heterocycles. The van der Waals surface area contributed by atoms with E-state index in [-0.39, 0.29) is 0 Å². The molecule has 1 saturated heterocycles. The van der Waals surface area contributed by atoms with Gasteiger partial charge in [-0.3, -0.25) is 10.4 Å². The van der Waals surface area contributed by atoms with E-state index in [4.69, 9.17) is 5.84 Å². The summed E-state index contributed by atoms with van der Waals surface area (Å²) in [7, 11) is 0. The van der Waals surface area contributed by atoms with E-state index >= 15 is 0 Å². The van der Waals surface area contributed by atoms with Gasteiger partial charge in [-0.15, -0.1) is 0 Å². The topological polar surface area (TPSA) is 53.6 Å². The monoisotopic (exact) mass is 288 g/mol. The predicted octanol–water partition coefficient (Wildman–Crippen LogP) is 2.56. The molecule has 1 fully saturated rings. The maximum absolute atomic E-state index is 5.62. The van der Waals surface area contributed by atoms with Crippen LogP contribution in [0.1, 0.15) is 38.2 Å². The van der Waals surface area contributed by atoms with Gasteiger partial charge in [0.05, 0.1) is 0 Å². The van der Waals surface area contributed by atoms with Crippen molar-refractivity contribution in [2.45, 2.75) is 39.0 Å². The Labute approximate surface area is 128 Å². The van der Waals surface area contributed by atoms with Crippen LogP contribution in [-0.2, 0) is 6.42 Å². The van der Waals surface area contributed by atoms with E-state index in [1.54, 1.807) is 0 Å². The van der Waals surface area contributed by atoms with Crippen molar-refractivity contribution in [3.63, 3.8) is 0 Å². The second-order valence-corrected chi connectivity index (χ2v) is 5.82. The van der Waals surface area contributed by atoms with E-state index in [0.717, 1.165) is 37.9 Å². The summed E-state index contributed by atoms with van der Waals surface area (Å²) in [5.41, 5.74) is 4.22. The highest BCUT2D eigenvalue weighted by Gasteiger charge is 2.21. The van der Waals surface area contributed by atoms with Crippen LogP contribution in [0.15, 0.2) is 35.3 Å². The number of benzene rings is 1. The van der Waals surface area contributed by atoms with Gasteiger partial charge in [0.1, 0.15) is 0 Å². The van der Waals surface area contributed by atoms with Crippen LogP contribution in [0, 0.1) is 5.92 Å². The summed E-state index contributed by atoms with van der Waals surface area (Å²) >= 11 is 0. The Bertz CT molecular complexity index is 422. The van der Waals surface area contributed by atoms with Gasteiger partial charge in [-0.25, -0.2) is 5.84 Å². The predicted molar refractivity (Wildman–Crippen MR) is 89.0 cm³/mol. The van der Waals surface area contributed by atoms with E-state index in [9.17, 15) is 0 Å². The quantitative estimate of drug-likeness (QED) is 0.288. The molecule has 1 aromatic rings. The van der Waals surface area contributed by atoms with Crippen LogP contribution >= 0.6 is 0 Å². The second kappa shape index (κ2) is 8.67. The normalized spacial score (nSPS) is 17.0. The van der Waals surface area contributed by atoms with Crippen molar-refractivity contribution < 1.29 is 0 Å². The summed E-state index contributed by atoms with van der Waals surface area (Å²) in [5, 5.41) is 0. The number of rotatable bonds is 5. The summed E-state index contributed by atoms with van der Waals surface area (Å²) in [4.78, 5) is 6.86. The molecule has 0 spiro atoms. The zero-order valence-corrected chi connectivity index (χ0v) is 13.1. The maximum Gasteiger partial charge on any atom is 0.208 e. The van der Waals surface area contributed by atoms with Gasteiger partial charge in [-0.05, 0) is 37.2 Å². The lowest BCUT2D eigenvalue weighted by Gasteiger charge is -2.33. The highest BCUT2D eigenvalue weighted by molar-refractivity contribution is 5.79. The Balaban J connectivity index is 1.80. The van der Waals surface area contributed by atoms with Crippen molar-refractivity contribution in [1.82, 2.24) is 10.3 Å². The van der Waals surface area contributed by atoms with Crippen LogP contribution in [0.3, 0.4) is 0 Å². The molecule has 0 aromatic heterocycles. The van der Waals surface area contributed by atoms with Crippen LogP contribution in [0.2, 0.25) is 0 Å². The Kier molecular flexibility index (Phi) is 6.54. The summed E-state index contributed by atoms with van der Waals surface area (Å²) < 4.78 is 0. The van der Waals surface area contributed by atoms with Gasteiger partial charge in [-0.2, -0.15) is 0 Å². The average molecular weight is 288 g/mol. The fourth-order valence-electron chi connectivity index (χ4n) is 2.88. The van der Waals surface area contributed by atoms with Crippen molar-refractivity contribution in [3.8, 4) is 0 Å². The molecule has 4 heteroatoms. The standard InChI is InChI=1S/C17H28N4/c1-2-3-11-19-17(20-18)21-12-9-16(10-13-21)14-15-7-5-4-6-8-15/h4-8,16H,2-3,9-14,18H2,1H3,(H,19,20).